The molecule has 0 atom stereocenters. The predicted octanol–water partition coefficient (Wildman–Crippen LogP) is 3.65. The molecule has 3 rings (SSSR count). The Morgan fingerprint density at radius 2 is 1.88 bits per heavy atom. The van der Waals surface area contributed by atoms with Crippen molar-refractivity contribution in [1.82, 2.24) is 9.97 Å². The number of halogens is 2. The second-order valence-electron chi connectivity index (χ2n) is 5.33. The first-order chi connectivity index (χ1) is 12.2. The predicted molar refractivity (Wildman–Crippen MR) is 97.8 cm³/mol. The average Bonchev–Trinajstić information content (AvgIpc) is 3.04. The minimum Gasteiger partial charge on any atom is -0.321 e. The number of amides is 1. The van der Waals surface area contributed by atoms with Gasteiger partial charge in [-0.05, 0) is 24.3 Å². The van der Waals surface area contributed by atoms with Crippen LogP contribution in [0.1, 0.15) is 9.67 Å². The number of sulfone groups is 1. The number of nitrogens with one attached hydrogen (secondary N) is 1. The molecule has 2 aromatic heterocycles. The minimum absolute atomic E-state index is 0.00637. The van der Waals surface area contributed by atoms with Crippen molar-refractivity contribution in [3.8, 4) is 11.4 Å². The lowest BCUT2D eigenvalue weighted by Gasteiger charge is -2.07. The van der Waals surface area contributed by atoms with E-state index >= 15 is 0 Å². The Bertz CT molecular complexity index is 1080. The molecule has 1 amide bonds. The van der Waals surface area contributed by atoms with E-state index in [9.17, 15) is 17.6 Å². The van der Waals surface area contributed by atoms with E-state index in [1.165, 1.54) is 18.2 Å². The van der Waals surface area contributed by atoms with E-state index < -0.39 is 21.6 Å². The monoisotopic (exact) mass is 411 g/mol. The fraction of sp³-hybridized carbons (Fsp3) is 0.0625. The zero-order chi connectivity index (χ0) is 18.9. The van der Waals surface area contributed by atoms with E-state index in [0.29, 0.717) is 16.3 Å². The molecule has 2 heterocycles. The standard InChI is InChI=1S/C16H11ClFN3O3S2/c1-26(23,24)13-4-10(17)3-12(5-13)21-16(22)14-2-9(8-25-14)15-19-6-11(18)7-20-15/h2-8H,1H3,(H,21,22). The van der Waals surface area contributed by atoms with Gasteiger partial charge in [0, 0.05) is 27.9 Å². The number of thiophene rings is 1. The van der Waals surface area contributed by atoms with Gasteiger partial charge in [0.1, 0.15) is 0 Å². The lowest BCUT2D eigenvalue weighted by atomic mass is 10.2. The number of hydrogen-bond acceptors (Lipinski definition) is 6. The maximum absolute atomic E-state index is 12.9. The van der Waals surface area contributed by atoms with Crippen LogP contribution in [-0.4, -0.2) is 30.5 Å². The van der Waals surface area contributed by atoms with Gasteiger partial charge in [-0.3, -0.25) is 4.79 Å². The summed E-state index contributed by atoms with van der Waals surface area (Å²) in [5, 5.41) is 4.47. The van der Waals surface area contributed by atoms with Crippen molar-refractivity contribution in [2.24, 2.45) is 0 Å². The first-order valence-corrected chi connectivity index (χ1v) is 10.3. The molecule has 134 valence electrons. The first-order valence-electron chi connectivity index (χ1n) is 7.11. The van der Waals surface area contributed by atoms with E-state index in [0.717, 1.165) is 30.0 Å². The van der Waals surface area contributed by atoms with Crippen LogP contribution in [-0.2, 0) is 9.84 Å². The highest BCUT2D eigenvalue weighted by atomic mass is 35.5. The SMILES string of the molecule is CS(=O)(=O)c1cc(Cl)cc(NC(=O)c2cc(-c3ncc(F)cn3)cs2)c1. The van der Waals surface area contributed by atoms with Crippen LogP contribution in [0.2, 0.25) is 5.02 Å². The number of nitrogens with zero attached hydrogens (tertiary/aromatic N) is 2. The lowest BCUT2D eigenvalue weighted by molar-refractivity contribution is 0.103. The van der Waals surface area contributed by atoms with E-state index in [4.69, 9.17) is 11.6 Å². The number of aromatic nitrogens is 2. The maximum Gasteiger partial charge on any atom is 0.265 e. The van der Waals surface area contributed by atoms with Crippen molar-refractivity contribution in [2.45, 2.75) is 4.90 Å². The van der Waals surface area contributed by atoms with Crippen molar-refractivity contribution in [3.63, 3.8) is 0 Å². The van der Waals surface area contributed by atoms with Crippen molar-refractivity contribution in [3.05, 3.63) is 57.8 Å². The Morgan fingerprint density at radius 3 is 2.54 bits per heavy atom. The van der Waals surface area contributed by atoms with E-state index in [1.807, 2.05) is 0 Å². The normalized spacial score (nSPS) is 11.3. The highest BCUT2D eigenvalue weighted by molar-refractivity contribution is 7.90. The van der Waals surface area contributed by atoms with Crippen LogP contribution in [0.25, 0.3) is 11.4 Å². The van der Waals surface area contributed by atoms with Crippen molar-refractivity contribution >= 4 is 44.4 Å². The number of benzene rings is 1. The summed E-state index contributed by atoms with van der Waals surface area (Å²) in [5.41, 5.74) is 0.832. The largest absolute Gasteiger partial charge is 0.321 e. The molecule has 0 unspecified atom stereocenters. The molecule has 0 bridgehead atoms. The van der Waals surface area contributed by atoms with Gasteiger partial charge in [-0.1, -0.05) is 11.6 Å². The summed E-state index contributed by atoms with van der Waals surface area (Å²) in [5.74, 6) is -0.696. The second-order valence-corrected chi connectivity index (χ2v) is 8.69. The van der Waals surface area contributed by atoms with Crippen LogP contribution in [0.4, 0.5) is 10.1 Å². The van der Waals surface area contributed by atoms with Gasteiger partial charge >= 0.3 is 0 Å². The van der Waals surface area contributed by atoms with Gasteiger partial charge < -0.3 is 5.32 Å². The van der Waals surface area contributed by atoms with Crippen LogP contribution in [0, 0.1) is 5.82 Å². The molecule has 0 aliphatic rings. The summed E-state index contributed by atoms with van der Waals surface area (Å²) in [4.78, 5) is 20.5. The fourth-order valence-corrected chi connectivity index (χ4v) is 3.84. The molecule has 6 nitrogen and oxygen atoms in total. The summed E-state index contributed by atoms with van der Waals surface area (Å²) >= 11 is 7.07. The van der Waals surface area contributed by atoms with E-state index in [1.54, 1.807) is 11.4 Å². The minimum atomic E-state index is -3.46. The first kappa shape index (κ1) is 18.4. The molecule has 0 aliphatic heterocycles. The van der Waals surface area contributed by atoms with Crippen LogP contribution < -0.4 is 5.32 Å². The van der Waals surface area contributed by atoms with Gasteiger partial charge in [-0.15, -0.1) is 11.3 Å². The van der Waals surface area contributed by atoms with Crippen molar-refractivity contribution in [1.29, 1.82) is 0 Å². The quantitative estimate of drug-likeness (QED) is 0.707. The summed E-state index contributed by atoms with van der Waals surface area (Å²) in [7, 11) is -3.46. The highest BCUT2D eigenvalue weighted by Crippen LogP contribution is 2.26. The van der Waals surface area contributed by atoms with E-state index in [-0.39, 0.29) is 15.6 Å². The Balaban J connectivity index is 1.83. The smallest absolute Gasteiger partial charge is 0.265 e. The molecule has 0 radical (unpaired) electrons. The Hall–Kier alpha value is -2.36. The topological polar surface area (TPSA) is 89.0 Å². The van der Waals surface area contributed by atoms with Crippen molar-refractivity contribution < 1.29 is 17.6 Å². The van der Waals surface area contributed by atoms with Crippen LogP contribution >= 0.6 is 22.9 Å². The van der Waals surface area contributed by atoms with E-state index in [2.05, 4.69) is 15.3 Å². The molecule has 1 aromatic carbocycles. The van der Waals surface area contributed by atoms with Crippen molar-refractivity contribution in [2.75, 3.05) is 11.6 Å². The number of carbonyl (C=O) groups excluding carboxylic acids is 1. The zero-order valence-corrected chi connectivity index (χ0v) is 15.6. The van der Waals surface area contributed by atoms with Gasteiger partial charge in [-0.25, -0.2) is 22.8 Å². The Morgan fingerprint density at radius 1 is 1.19 bits per heavy atom. The molecule has 0 fully saturated rings. The fourth-order valence-electron chi connectivity index (χ4n) is 2.08. The van der Waals surface area contributed by atoms with Crippen LogP contribution in [0.3, 0.4) is 0 Å². The second kappa shape index (κ2) is 7.10. The molecular weight excluding hydrogens is 401 g/mol. The molecule has 0 spiro atoms. The lowest BCUT2D eigenvalue weighted by Crippen LogP contribution is -2.11. The summed E-state index contributed by atoms with van der Waals surface area (Å²) in [6, 6.07) is 5.65. The highest BCUT2D eigenvalue weighted by Gasteiger charge is 2.15. The maximum atomic E-state index is 12.9. The Labute approximate surface area is 157 Å². The number of rotatable bonds is 4. The summed E-state index contributed by atoms with van der Waals surface area (Å²) < 4.78 is 36.2. The number of anilines is 1. The van der Waals surface area contributed by atoms with Gasteiger partial charge in [0.25, 0.3) is 5.91 Å². The third-order valence-corrected chi connectivity index (χ3v) is 5.50. The van der Waals surface area contributed by atoms with Gasteiger partial charge in [0.2, 0.25) is 0 Å². The molecular formula is C16H11ClFN3O3S2. The number of hydrogen-bond donors (Lipinski definition) is 1. The summed E-state index contributed by atoms with van der Waals surface area (Å²) in [6.45, 7) is 0. The molecule has 0 saturated carbocycles. The Kier molecular flexibility index (Phi) is 5.03. The van der Waals surface area contributed by atoms with Gasteiger partial charge in [0.05, 0.1) is 22.2 Å². The molecule has 0 aliphatic carbocycles. The van der Waals surface area contributed by atoms with Gasteiger partial charge in [0.15, 0.2) is 21.5 Å². The third-order valence-electron chi connectivity index (χ3n) is 3.26. The van der Waals surface area contributed by atoms with Gasteiger partial charge in [-0.2, -0.15) is 0 Å². The third kappa shape index (κ3) is 4.24. The zero-order valence-electron chi connectivity index (χ0n) is 13.2. The average molecular weight is 412 g/mol. The van der Waals surface area contributed by atoms with Crippen LogP contribution in [0.5, 0.6) is 0 Å². The molecule has 26 heavy (non-hydrogen) atoms. The molecule has 3 aromatic rings. The number of carbonyl (C=O) groups is 1. The molecule has 0 saturated heterocycles. The molecule has 10 heteroatoms. The molecule has 1 N–H and O–H groups in total. The van der Waals surface area contributed by atoms with Crippen LogP contribution in [0.15, 0.2) is 46.9 Å². The summed E-state index contributed by atoms with van der Waals surface area (Å²) in [6.07, 6.45) is 3.13.